The van der Waals surface area contributed by atoms with E-state index >= 15 is 0 Å². The number of ether oxygens (including phenoxy) is 1. The van der Waals surface area contributed by atoms with E-state index in [9.17, 15) is 9.59 Å². The third-order valence-corrected chi connectivity index (χ3v) is 3.82. The van der Waals surface area contributed by atoms with Crippen molar-refractivity contribution in [2.75, 3.05) is 0 Å². The molecule has 0 aromatic heterocycles. The summed E-state index contributed by atoms with van der Waals surface area (Å²) in [7, 11) is 0. The van der Waals surface area contributed by atoms with E-state index in [1.165, 1.54) is 0 Å². The highest BCUT2D eigenvalue weighted by atomic mass is 16.5. The van der Waals surface area contributed by atoms with Gasteiger partial charge in [0.1, 0.15) is 11.9 Å². The SMILES string of the molecule is CC1(C)CCC(=O)CCCCC2=CC1OC2=O. The molecule has 3 nitrogen and oxygen atoms in total. The summed E-state index contributed by atoms with van der Waals surface area (Å²) in [6, 6.07) is 0. The maximum Gasteiger partial charge on any atom is 0.334 e. The van der Waals surface area contributed by atoms with Crippen LogP contribution in [0.25, 0.3) is 0 Å². The average molecular weight is 236 g/mol. The smallest absolute Gasteiger partial charge is 0.334 e. The molecule has 0 aromatic carbocycles. The summed E-state index contributed by atoms with van der Waals surface area (Å²) in [5.74, 6) is 0.183. The molecule has 1 aliphatic carbocycles. The van der Waals surface area contributed by atoms with Gasteiger partial charge < -0.3 is 4.74 Å². The monoisotopic (exact) mass is 236 g/mol. The Balaban J connectivity index is 2.17. The van der Waals surface area contributed by atoms with Gasteiger partial charge in [0.05, 0.1) is 0 Å². The number of Topliss-reactive ketones (excluding diaryl/α,β-unsaturated/α-hetero) is 1. The fourth-order valence-electron chi connectivity index (χ4n) is 2.41. The molecular weight excluding hydrogens is 216 g/mol. The van der Waals surface area contributed by atoms with Crippen LogP contribution >= 0.6 is 0 Å². The summed E-state index contributed by atoms with van der Waals surface area (Å²) in [5, 5.41) is 0. The maximum absolute atomic E-state index is 11.7. The average Bonchev–Trinajstić information content (AvgIpc) is 2.63. The lowest BCUT2D eigenvalue weighted by atomic mass is 9.81. The number of hydrogen-bond donors (Lipinski definition) is 0. The maximum atomic E-state index is 11.7. The Bertz CT molecular complexity index is 366. The van der Waals surface area contributed by atoms with Crippen LogP contribution in [-0.2, 0) is 14.3 Å². The van der Waals surface area contributed by atoms with Crippen molar-refractivity contribution in [3.8, 4) is 0 Å². The summed E-state index contributed by atoms with van der Waals surface area (Å²) >= 11 is 0. The van der Waals surface area contributed by atoms with Gasteiger partial charge in [-0.05, 0) is 31.8 Å². The van der Waals surface area contributed by atoms with E-state index in [0.29, 0.717) is 18.6 Å². The quantitative estimate of drug-likeness (QED) is 0.607. The van der Waals surface area contributed by atoms with Crippen LogP contribution in [-0.4, -0.2) is 17.9 Å². The summed E-state index contributed by atoms with van der Waals surface area (Å²) in [4.78, 5) is 23.3. The van der Waals surface area contributed by atoms with E-state index in [4.69, 9.17) is 4.74 Å². The molecule has 94 valence electrons. The topological polar surface area (TPSA) is 43.4 Å². The van der Waals surface area contributed by atoms with Crippen LogP contribution in [0.5, 0.6) is 0 Å². The van der Waals surface area contributed by atoms with Gasteiger partial charge >= 0.3 is 5.97 Å². The molecule has 0 saturated heterocycles. The Hall–Kier alpha value is -1.12. The van der Waals surface area contributed by atoms with Crippen molar-refractivity contribution in [2.24, 2.45) is 5.41 Å². The van der Waals surface area contributed by atoms with Crippen LogP contribution in [0.2, 0.25) is 0 Å². The highest BCUT2D eigenvalue weighted by Gasteiger charge is 2.37. The molecule has 0 fully saturated rings. The minimum atomic E-state index is -0.157. The molecule has 1 atom stereocenters. The van der Waals surface area contributed by atoms with E-state index < -0.39 is 0 Å². The standard InChI is InChI=1S/C14H20O3/c1-14(2)8-7-11(15)6-4-3-5-10-9-12(14)17-13(10)16/h9,12H,3-8H2,1-2H3. The number of hydrogen-bond acceptors (Lipinski definition) is 3. The Labute approximate surface area is 102 Å². The molecule has 0 N–H and O–H groups in total. The number of carbonyl (C=O) groups is 2. The van der Waals surface area contributed by atoms with Gasteiger partial charge in [-0.15, -0.1) is 0 Å². The second-order valence-corrected chi connectivity index (χ2v) is 5.75. The zero-order valence-corrected chi connectivity index (χ0v) is 10.6. The number of rotatable bonds is 0. The molecule has 2 rings (SSSR count). The van der Waals surface area contributed by atoms with Gasteiger partial charge in [-0.1, -0.05) is 13.8 Å². The Morgan fingerprint density at radius 1 is 1.18 bits per heavy atom. The minimum absolute atomic E-state index is 0.141. The van der Waals surface area contributed by atoms with Gasteiger partial charge in [0, 0.05) is 23.8 Å². The predicted octanol–water partition coefficient (Wildman–Crippen LogP) is 2.79. The summed E-state index contributed by atoms with van der Waals surface area (Å²) in [6.07, 6.45) is 6.39. The van der Waals surface area contributed by atoms with Crippen molar-refractivity contribution in [1.29, 1.82) is 0 Å². The molecule has 17 heavy (non-hydrogen) atoms. The minimum Gasteiger partial charge on any atom is -0.454 e. The lowest BCUT2D eigenvalue weighted by Crippen LogP contribution is -2.29. The van der Waals surface area contributed by atoms with Gasteiger partial charge in [-0.25, -0.2) is 4.79 Å². The number of fused-ring (bicyclic) bond motifs is 1. The van der Waals surface area contributed by atoms with Gasteiger partial charge in [0.15, 0.2) is 0 Å². The van der Waals surface area contributed by atoms with Gasteiger partial charge in [0.2, 0.25) is 0 Å². The van der Waals surface area contributed by atoms with Crippen LogP contribution in [0.4, 0.5) is 0 Å². The van der Waals surface area contributed by atoms with Gasteiger partial charge in [0.25, 0.3) is 0 Å². The second kappa shape index (κ2) is 4.63. The Morgan fingerprint density at radius 3 is 2.65 bits per heavy atom. The summed E-state index contributed by atoms with van der Waals surface area (Å²) in [5.41, 5.74) is 0.662. The van der Waals surface area contributed by atoms with Crippen LogP contribution in [0.1, 0.15) is 52.4 Å². The zero-order valence-electron chi connectivity index (χ0n) is 10.6. The van der Waals surface area contributed by atoms with Crippen LogP contribution < -0.4 is 0 Å². The lowest BCUT2D eigenvalue weighted by molar-refractivity contribution is -0.144. The fourth-order valence-corrected chi connectivity index (χ4v) is 2.41. The van der Waals surface area contributed by atoms with Crippen LogP contribution in [0.3, 0.4) is 0 Å². The molecule has 0 aromatic rings. The molecule has 1 heterocycles. The van der Waals surface area contributed by atoms with E-state index in [-0.39, 0.29) is 17.5 Å². The highest BCUT2D eigenvalue weighted by Crippen LogP contribution is 2.36. The van der Waals surface area contributed by atoms with E-state index in [1.807, 2.05) is 6.08 Å². The highest BCUT2D eigenvalue weighted by molar-refractivity contribution is 5.91. The first-order chi connectivity index (χ1) is 7.99. The fraction of sp³-hybridized carbons (Fsp3) is 0.714. The van der Waals surface area contributed by atoms with Crippen molar-refractivity contribution in [2.45, 2.75) is 58.5 Å². The molecule has 0 spiro atoms. The lowest BCUT2D eigenvalue weighted by Gasteiger charge is -2.29. The molecule has 1 unspecified atom stereocenters. The molecule has 1 aliphatic heterocycles. The van der Waals surface area contributed by atoms with Crippen LogP contribution in [0, 0.1) is 5.41 Å². The zero-order chi connectivity index (χ0) is 12.5. The Kier molecular flexibility index (Phi) is 3.36. The Morgan fingerprint density at radius 2 is 1.88 bits per heavy atom. The molecule has 0 saturated carbocycles. The molecule has 3 heteroatoms. The molecular formula is C14H20O3. The summed E-state index contributed by atoms with van der Waals surface area (Å²) < 4.78 is 5.40. The molecule has 2 aliphatic rings. The van der Waals surface area contributed by atoms with E-state index in [0.717, 1.165) is 31.3 Å². The number of ketones is 1. The third kappa shape index (κ3) is 2.76. The van der Waals surface area contributed by atoms with Crippen molar-refractivity contribution in [3.05, 3.63) is 11.6 Å². The normalized spacial score (nSPS) is 29.3. The largest absolute Gasteiger partial charge is 0.454 e. The van der Waals surface area contributed by atoms with E-state index in [2.05, 4.69) is 13.8 Å². The third-order valence-electron chi connectivity index (χ3n) is 3.82. The van der Waals surface area contributed by atoms with Crippen LogP contribution in [0.15, 0.2) is 11.6 Å². The van der Waals surface area contributed by atoms with Crippen molar-refractivity contribution in [1.82, 2.24) is 0 Å². The molecule has 2 bridgehead atoms. The van der Waals surface area contributed by atoms with Crippen molar-refractivity contribution in [3.63, 3.8) is 0 Å². The first kappa shape index (κ1) is 12.3. The second-order valence-electron chi connectivity index (χ2n) is 5.75. The summed E-state index contributed by atoms with van der Waals surface area (Å²) in [6.45, 7) is 4.13. The van der Waals surface area contributed by atoms with E-state index in [1.54, 1.807) is 0 Å². The first-order valence-corrected chi connectivity index (χ1v) is 6.42. The van der Waals surface area contributed by atoms with Gasteiger partial charge in [-0.2, -0.15) is 0 Å². The van der Waals surface area contributed by atoms with Gasteiger partial charge in [-0.3, -0.25) is 4.79 Å². The molecule has 0 amide bonds. The van der Waals surface area contributed by atoms with Crippen molar-refractivity contribution < 1.29 is 14.3 Å². The number of esters is 1. The number of carbonyl (C=O) groups excluding carboxylic acids is 2. The molecule has 0 radical (unpaired) electrons. The van der Waals surface area contributed by atoms with Crippen molar-refractivity contribution >= 4 is 11.8 Å². The predicted molar refractivity (Wildman–Crippen MR) is 64.5 cm³/mol. The first-order valence-electron chi connectivity index (χ1n) is 6.42.